The fourth-order valence-corrected chi connectivity index (χ4v) is 2.21. The van der Waals surface area contributed by atoms with Gasteiger partial charge in [-0.3, -0.25) is 9.78 Å². The molecule has 0 aliphatic carbocycles. The van der Waals surface area contributed by atoms with E-state index in [-0.39, 0.29) is 36.1 Å². The highest BCUT2D eigenvalue weighted by molar-refractivity contribution is 5.97. The molecule has 1 amide bonds. The highest BCUT2D eigenvalue weighted by atomic mass is 35.5. The van der Waals surface area contributed by atoms with E-state index < -0.39 is 0 Å². The molecular weight excluding hydrogens is 321 g/mol. The molecule has 1 aromatic heterocycles. The molecule has 0 spiro atoms. The molecule has 0 saturated heterocycles. The summed E-state index contributed by atoms with van der Waals surface area (Å²) < 4.78 is 0. The predicted octanol–water partition coefficient (Wildman–Crippen LogP) is 3.14. The van der Waals surface area contributed by atoms with Gasteiger partial charge in [-0.05, 0) is 36.2 Å². The lowest BCUT2D eigenvalue weighted by atomic mass is 9.93. The number of carbonyl (C=O) groups is 1. The van der Waals surface area contributed by atoms with Gasteiger partial charge in [0.1, 0.15) is 0 Å². The lowest BCUT2D eigenvalue weighted by Crippen LogP contribution is -2.39. The molecule has 2 rings (SSSR count). The number of benzene rings is 1. The number of pyridine rings is 1. The van der Waals surface area contributed by atoms with Crippen LogP contribution in [0, 0.1) is 5.41 Å². The molecule has 0 saturated carbocycles. The summed E-state index contributed by atoms with van der Waals surface area (Å²) in [5.41, 5.74) is 7.22. The van der Waals surface area contributed by atoms with Gasteiger partial charge in [-0.25, -0.2) is 0 Å². The van der Waals surface area contributed by atoms with Gasteiger partial charge in [0, 0.05) is 30.7 Å². The molecule has 0 unspecified atom stereocenters. The van der Waals surface area contributed by atoms with Gasteiger partial charge in [-0.1, -0.05) is 19.9 Å². The highest BCUT2D eigenvalue weighted by Gasteiger charge is 2.22. The third kappa shape index (κ3) is 4.83. The number of amides is 1. The number of nitrogens with two attached hydrogens (primary N) is 1. The first kappa shape index (κ1) is 20.6. The Bertz CT molecular complexity index is 632. The van der Waals surface area contributed by atoms with Crippen LogP contribution in [0.4, 0.5) is 0 Å². The van der Waals surface area contributed by atoms with Gasteiger partial charge in [0.05, 0.1) is 5.52 Å². The lowest BCUT2D eigenvalue weighted by Gasteiger charge is -2.29. The smallest absolute Gasteiger partial charge is 0.253 e. The van der Waals surface area contributed by atoms with E-state index >= 15 is 0 Å². The minimum atomic E-state index is -0.0805. The molecule has 0 radical (unpaired) electrons. The summed E-state index contributed by atoms with van der Waals surface area (Å²) in [6.45, 7) is 5.29. The van der Waals surface area contributed by atoms with Crippen LogP contribution in [0.3, 0.4) is 0 Å². The largest absolute Gasteiger partial charge is 0.341 e. The van der Waals surface area contributed by atoms with Crippen LogP contribution in [0.5, 0.6) is 0 Å². The second-order valence-corrected chi connectivity index (χ2v) is 5.94. The zero-order chi connectivity index (χ0) is 14.8. The van der Waals surface area contributed by atoms with E-state index in [0.717, 1.165) is 10.9 Å². The van der Waals surface area contributed by atoms with Crippen molar-refractivity contribution in [3.63, 3.8) is 0 Å². The first-order chi connectivity index (χ1) is 9.43. The third-order valence-electron chi connectivity index (χ3n) is 3.41. The van der Waals surface area contributed by atoms with Crippen molar-refractivity contribution < 1.29 is 4.79 Å². The van der Waals surface area contributed by atoms with Gasteiger partial charge in [0.2, 0.25) is 0 Å². The van der Waals surface area contributed by atoms with Crippen molar-refractivity contribution in [2.45, 2.75) is 13.8 Å². The Kier molecular flexibility index (Phi) is 7.81. The quantitative estimate of drug-likeness (QED) is 0.927. The molecule has 0 fully saturated rings. The van der Waals surface area contributed by atoms with E-state index in [0.29, 0.717) is 18.7 Å². The van der Waals surface area contributed by atoms with Crippen molar-refractivity contribution in [1.29, 1.82) is 0 Å². The number of hydrogen-bond acceptors (Lipinski definition) is 3. The Morgan fingerprint density at radius 1 is 1.27 bits per heavy atom. The molecule has 2 aromatic rings. The summed E-state index contributed by atoms with van der Waals surface area (Å²) in [7, 11) is 1.81. The fourth-order valence-electron chi connectivity index (χ4n) is 2.21. The molecule has 0 bridgehead atoms. The van der Waals surface area contributed by atoms with Crippen LogP contribution in [-0.2, 0) is 0 Å². The molecule has 2 N–H and O–H groups in total. The number of hydrogen-bond donors (Lipinski definition) is 1. The Morgan fingerprint density at radius 2 is 1.95 bits per heavy atom. The lowest BCUT2D eigenvalue weighted by molar-refractivity contribution is 0.0740. The molecule has 1 aromatic carbocycles. The molecule has 1 heterocycles. The Hall–Kier alpha value is -1.36. The second-order valence-electron chi connectivity index (χ2n) is 5.94. The van der Waals surface area contributed by atoms with Crippen molar-refractivity contribution in [1.82, 2.24) is 9.88 Å². The maximum Gasteiger partial charge on any atom is 0.253 e. The van der Waals surface area contributed by atoms with E-state index in [4.69, 9.17) is 5.73 Å². The Balaban J connectivity index is 0.00000220. The molecule has 0 atom stereocenters. The number of carbonyl (C=O) groups excluding carboxylic acids is 1. The second kappa shape index (κ2) is 8.32. The molecule has 122 valence electrons. The highest BCUT2D eigenvalue weighted by Crippen LogP contribution is 2.18. The summed E-state index contributed by atoms with van der Waals surface area (Å²) in [5.74, 6) is 0.0114. The van der Waals surface area contributed by atoms with Crippen LogP contribution >= 0.6 is 24.8 Å². The van der Waals surface area contributed by atoms with Gasteiger partial charge in [0.15, 0.2) is 0 Å². The van der Waals surface area contributed by atoms with E-state index in [9.17, 15) is 4.79 Å². The molecule has 0 aliphatic heterocycles. The maximum absolute atomic E-state index is 12.4. The van der Waals surface area contributed by atoms with Crippen LogP contribution < -0.4 is 5.73 Å². The topological polar surface area (TPSA) is 59.2 Å². The van der Waals surface area contributed by atoms with Crippen molar-refractivity contribution in [3.05, 3.63) is 42.1 Å². The number of fused-ring (bicyclic) bond motifs is 1. The summed E-state index contributed by atoms with van der Waals surface area (Å²) in [6, 6.07) is 9.42. The average Bonchev–Trinajstić information content (AvgIpc) is 2.45. The fraction of sp³-hybridized carbons (Fsp3) is 0.375. The standard InChI is InChI=1S/C16H21N3O.2ClH/c1-16(2,10-17)11-19(3)15(20)13-6-7-14-12(9-13)5-4-8-18-14;;/h4-9H,10-11,17H2,1-3H3;2*1H. The van der Waals surface area contributed by atoms with Crippen molar-refractivity contribution in [3.8, 4) is 0 Å². The van der Waals surface area contributed by atoms with Crippen molar-refractivity contribution >= 4 is 41.6 Å². The number of nitrogens with zero attached hydrogens (tertiary/aromatic N) is 2. The minimum absolute atomic E-state index is 0. The van der Waals surface area contributed by atoms with E-state index in [1.807, 2.05) is 37.4 Å². The molecule has 0 aliphatic rings. The SMILES string of the molecule is CN(CC(C)(C)CN)C(=O)c1ccc2ncccc2c1.Cl.Cl. The zero-order valence-corrected chi connectivity index (χ0v) is 14.7. The van der Waals surface area contributed by atoms with Gasteiger partial charge in [-0.15, -0.1) is 24.8 Å². The zero-order valence-electron chi connectivity index (χ0n) is 13.1. The van der Waals surface area contributed by atoms with E-state index in [1.54, 1.807) is 11.1 Å². The van der Waals surface area contributed by atoms with Crippen LogP contribution in [-0.4, -0.2) is 35.9 Å². The number of rotatable bonds is 4. The Morgan fingerprint density at radius 3 is 2.59 bits per heavy atom. The van der Waals surface area contributed by atoms with E-state index in [1.165, 1.54) is 0 Å². The van der Waals surface area contributed by atoms with Gasteiger partial charge in [-0.2, -0.15) is 0 Å². The van der Waals surface area contributed by atoms with Crippen LogP contribution in [0.1, 0.15) is 24.2 Å². The Labute approximate surface area is 143 Å². The summed E-state index contributed by atoms with van der Waals surface area (Å²) in [6.07, 6.45) is 1.75. The van der Waals surface area contributed by atoms with Gasteiger partial charge >= 0.3 is 0 Å². The average molecular weight is 344 g/mol. The van der Waals surface area contributed by atoms with Gasteiger partial charge in [0.25, 0.3) is 5.91 Å². The maximum atomic E-state index is 12.4. The normalized spacial score (nSPS) is 10.5. The monoisotopic (exact) mass is 343 g/mol. The summed E-state index contributed by atoms with van der Waals surface area (Å²) in [5, 5.41) is 0.977. The van der Waals surface area contributed by atoms with Crippen LogP contribution in [0.2, 0.25) is 0 Å². The van der Waals surface area contributed by atoms with Crippen LogP contribution in [0.25, 0.3) is 10.9 Å². The molecular formula is C16H23Cl2N3O. The summed E-state index contributed by atoms with van der Waals surface area (Å²) in [4.78, 5) is 18.4. The summed E-state index contributed by atoms with van der Waals surface area (Å²) >= 11 is 0. The van der Waals surface area contributed by atoms with Crippen molar-refractivity contribution in [2.24, 2.45) is 11.1 Å². The molecule has 22 heavy (non-hydrogen) atoms. The van der Waals surface area contributed by atoms with Crippen molar-refractivity contribution in [2.75, 3.05) is 20.1 Å². The molecule has 6 heteroatoms. The predicted molar refractivity (Wildman–Crippen MR) is 96.0 cm³/mol. The van der Waals surface area contributed by atoms with E-state index in [2.05, 4.69) is 18.8 Å². The third-order valence-corrected chi connectivity index (χ3v) is 3.41. The number of halogens is 2. The minimum Gasteiger partial charge on any atom is -0.341 e. The first-order valence-electron chi connectivity index (χ1n) is 6.73. The van der Waals surface area contributed by atoms with Crippen LogP contribution in [0.15, 0.2) is 36.5 Å². The first-order valence-corrected chi connectivity index (χ1v) is 6.73. The number of aromatic nitrogens is 1. The van der Waals surface area contributed by atoms with Gasteiger partial charge < -0.3 is 10.6 Å². The molecule has 4 nitrogen and oxygen atoms in total.